The topological polar surface area (TPSA) is 34.2 Å². The van der Waals surface area contributed by atoms with E-state index in [9.17, 15) is 0 Å². The molecule has 0 saturated heterocycles. The molecular weight excluding hydrogens is 236 g/mol. The lowest BCUT2D eigenvalue weighted by molar-refractivity contribution is 0.214. The van der Waals surface area contributed by atoms with Crippen molar-refractivity contribution in [2.24, 2.45) is 11.8 Å². The van der Waals surface area contributed by atoms with Crippen molar-refractivity contribution < 1.29 is 4.74 Å². The number of nitrogens with one attached hydrogen (secondary N) is 1. The van der Waals surface area contributed by atoms with E-state index < -0.39 is 0 Å². The lowest BCUT2D eigenvalue weighted by atomic mass is 9.75. The van der Waals surface area contributed by atoms with Crippen molar-refractivity contribution in [1.29, 1.82) is 0 Å². The molecule has 3 nitrogen and oxygen atoms in total. The van der Waals surface area contributed by atoms with E-state index in [0.717, 1.165) is 17.6 Å². The van der Waals surface area contributed by atoms with Gasteiger partial charge in [0, 0.05) is 12.2 Å². The van der Waals surface area contributed by atoms with E-state index in [1.165, 1.54) is 37.7 Å². The van der Waals surface area contributed by atoms with Gasteiger partial charge in [0.1, 0.15) is 5.75 Å². The van der Waals surface area contributed by atoms with Crippen LogP contribution in [0.5, 0.6) is 5.75 Å². The van der Waals surface area contributed by atoms with Crippen LogP contribution in [0.1, 0.15) is 50.6 Å². The summed E-state index contributed by atoms with van der Waals surface area (Å²) in [6, 6.07) is 2.51. The van der Waals surface area contributed by atoms with E-state index >= 15 is 0 Å². The Balaban J connectivity index is 2.13. The molecule has 1 aromatic rings. The van der Waals surface area contributed by atoms with Crippen LogP contribution >= 0.6 is 0 Å². The molecule has 3 unspecified atom stereocenters. The second-order valence-corrected chi connectivity index (χ2v) is 5.63. The monoisotopic (exact) mass is 262 g/mol. The summed E-state index contributed by atoms with van der Waals surface area (Å²) in [7, 11) is 3.75. The molecule has 0 radical (unpaired) electrons. The van der Waals surface area contributed by atoms with Gasteiger partial charge in [0.05, 0.1) is 13.3 Å². The van der Waals surface area contributed by atoms with Crippen LogP contribution in [0, 0.1) is 11.8 Å². The molecule has 19 heavy (non-hydrogen) atoms. The van der Waals surface area contributed by atoms with E-state index in [2.05, 4.69) is 30.3 Å². The largest absolute Gasteiger partial charge is 0.495 e. The van der Waals surface area contributed by atoms with Crippen LogP contribution in [-0.2, 0) is 0 Å². The molecule has 1 aromatic heterocycles. The minimum absolute atomic E-state index is 0.400. The van der Waals surface area contributed by atoms with Crippen molar-refractivity contribution in [3.63, 3.8) is 0 Å². The molecule has 1 heterocycles. The number of methoxy groups -OCH3 is 1. The third-order valence-corrected chi connectivity index (χ3v) is 4.51. The molecule has 0 spiro atoms. The number of hydrogen-bond donors (Lipinski definition) is 1. The SMILES string of the molecule is CCC1CCCC(C(NC)c2cncc(OC)c2)C1. The van der Waals surface area contributed by atoms with Gasteiger partial charge >= 0.3 is 0 Å². The summed E-state index contributed by atoms with van der Waals surface area (Å²) in [6.45, 7) is 2.31. The van der Waals surface area contributed by atoms with Gasteiger partial charge in [-0.2, -0.15) is 0 Å². The van der Waals surface area contributed by atoms with E-state index in [-0.39, 0.29) is 0 Å². The van der Waals surface area contributed by atoms with Crippen molar-refractivity contribution >= 4 is 0 Å². The molecule has 0 bridgehead atoms. The zero-order valence-corrected chi connectivity index (χ0v) is 12.4. The number of pyridine rings is 1. The van der Waals surface area contributed by atoms with Crippen LogP contribution in [0.4, 0.5) is 0 Å². The first kappa shape index (κ1) is 14.3. The van der Waals surface area contributed by atoms with Crippen molar-refractivity contribution in [1.82, 2.24) is 10.3 Å². The van der Waals surface area contributed by atoms with Gasteiger partial charge in [0.2, 0.25) is 0 Å². The Labute approximate surface area is 116 Å². The zero-order valence-electron chi connectivity index (χ0n) is 12.4. The average Bonchev–Trinajstić information content (AvgIpc) is 2.48. The predicted molar refractivity (Wildman–Crippen MR) is 78.3 cm³/mol. The minimum atomic E-state index is 0.400. The molecule has 1 aliphatic carbocycles. The highest BCUT2D eigenvalue weighted by molar-refractivity contribution is 5.26. The highest BCUT2D eigenvalue weighted by Crippen LogP contribution is 2.38. The molecule has 1 saturated carbocycles. The van der Waals surface area contributed by atoms with Crippen molar-refractivity contribution in [3.05, 3.63) is 24.0 Å². The highest BCUT2D eigenvalue weighted by Gasteiger charge is 2.28. The maximum atomic E-state index is 5.29. The first-order valence-electron chi connectivity index (χ1n) is 7.44. The molecule has 1 N–H and O–H groups in total. The van der Waals surface area contributed by atoms with Gasteiger partial charge in [-0.25, -0.2) is 0 Å². The second kappa shape index (κ2) is 6.90. The third-order valence-electron chi connectivity index (χ3n) is 4.51. The maximum Gasteiger partial charge on any atom is 0.137 e. The average molecular weight is 262 g/mol. The van der Waals surface area contributed by atoms with Crippen molar-refractivity contribution in [3.8, 4) is 5.75 Å². The molecule has 2 rings (SSSR count). The van der Waals surface area contributed by atoms with E-state index in [1.807, 2.05) is 6.20 Å². The standard InChI is InChI=1S/C16H26N2O/c1-4-12-6-5-7-13(8-12)16(17-2)14-9-15(19-3)11-18-10-14/h9-13,16-17H,4-8H2,1-3H3. The smallest absolute Gasteiger partial charge is 0.137 e. The van der Waals surface area contributed by atoms with Gasteiger partial charge < -0.3 is 10.1 Å². The zero-order chi connectivity index (χ0) is 13.7. The second-order valence-electron chi connectivity index (χ2n) is 5.63. The van der Waals surface area contributed by atoms with E-state index in [4.69, 9.17) is 4.74 Å². The summed E-state index contributed by atoms with van der Waals surface area (Å²) in [5, 5.41) is 3.49. The van der Waals surface area contributed by atoms with Gasteiger partial charge in [0.15, 0.2) is 0 Å². The Hall–Kier alpha value is -1.09. The molecule has 0 aliphatic heterocycles. The molecule has 3 atom stereocenters. The van der Waals surface area contributed by atoms with Crippen LogP contribution in [0.15, 0.2) is 18.5 Å². The number of aromatic nitrogens is 1. The van der Waals surface area contributed by atoms with Crippen molar-refractivity contribution in [2.45, 2.75) is 45.1 Å². The Morgan fingerprint density at radius 2 is 2.26 bits per heavy atom. The highest BCUT2D eigenvalue weighted by atomic mass is 16.5. The molecule has 0 aromatic carbocycles. The Morgan fingerprint density at radius 3 is 2.95 bits per heavy atom. The summed E-state index contributed by atoms with van der Waals surface area (Å²) in [5.41, 5.74) is 1.25. The fourth-order valence-corrected chi connectivity index (χ4v) is 3.40. The quantitative estimate of drug-likeness (QED) is 0.881. The summed E-state index contributed by atoms with van der Waals surface area (Å²) in [4.78, 5) is 4.29. The molecule has 106 valence electrons. The van der Waals surface area contributed by atoms with Gasteiger partial charge in [-0.05, 0) is 43.4 Å². The van der Waals surface area contributed by atoms with Gasteiger partial charge in [0.25, 0.3) is 0 Å². The third kappa shape index (κ3) is 3.47. The molecule has 0 amide bonds. The summed E-state index contributed by atoms with van der Waals surface area (Å²) in [6.07, 6.45) is 10.5. The molecular formula is C16H26N2O. The summed E-state index contributed by atoms with van der Waals surface area (Å²) >= 11 is 0. The fraction of sp³-hybridized carbons (Fsp3) is 0.688. The normalized spacial score (nSPS) is 25.0. The molecule has 1 fully saturated rings. The number of ether oxygens (including phenoxy) is 1. The molecule has 3 heteroatoms. The van der Waals surface area contributed by atoms with Crippen molar-refractivity contribution in [2.75, 3.05) is 14.2 Å². The van der Waals surface area contributed by atoms with Crippen LogP contribution in [0.3, 0.4) is 0 Å². The first-order chi connectivity index (χ1) is 9.28. The summed E-state index contributed by atoms with van der Waals surface area (Å²) in [5.74, 6) is 2.46. The van der Waals surface area contributed by atoms with Gasteiger partial charge in [-0.1, -0.05) is 26.2 Å². The lowest BCUT2D eigenvalue weighted by Gasteiger charge is -2.34. The lowest BCUT2D eigenvalue weighted by Crippen LogP contribution is -2.29. The predicted octanol–water partition coefficient (Wildman–Crippen LogP) is 3.57. The van der Waals surface area contributed by atoms with E-state index in [1.54, 1.807) is 13.3 Å². The van der Waals surface area contributed by atoms with Gasteiger partial charge in [-0.3, -0.25) is 4.98 Å². The Bertz CT molecular complexity index is 394. The van der Waals surface area contributed by atoms with Crippen LogP contribution < -0.4 is 10.1 Å². The Morgan fingerprint density at radius 1 is 1.42 bits per heavy atom. The number of rotatable bonds is 5. The van der Waals surface area contributed by atoms with Gasteiger partial charge in [-0.15, -0.1) is 0 Å². The minimum Gasteiger partial charge on any atom is -0.495 e. The fourth-order valence-electron chi connectivity index (χ4n) is 3.40. The van der Waals surface area contributed by atoms with Crippen LogP contribution in [-0.4, -0.2) is 19.1 Å². The molecule has 1 aliphatic rings. The summed E-state index contributed by atoms with van der Waals surface area (Å²) < 4.78 is 5.29. The number of nitrogens with zero attached hydrogens (tertiary/aromatic N) is 1. The van der Waals surface area contributed by atoms with Crippen LogP contribution in [0.25, 0.3) is 0 Å². The Kier molecular flexibility index (Phi) is 5.20. The van der Waals surface area contributed by atoms with Crippen LogP contribution in [0.2, 0.25) is 0 Å². The van der Waals surface area contributed by atoms with E-state index in [0.29, 0.717) is 6.04 Å². The maximum absolute atomic E-state index is 5.29. The first-order valence-corrected chi connectivity index (χ1v) is 7.44. The number of hydrogen-bond acceptors (Lipinski definition) is 3.